The molecular formula is C22H26BN3O4. The molecule has 0 unspecified atom stereocenters. The van der Waals surface area contributed by atoms with E-state index in [0.717, 1.165) is 22.3 Å². The summed E-state index contributed by atoms with van der Waals surface area (Å²) in [5, 5.41) is 4.18. The minimum atomic E-state index is -0.386. The summed E-state index contributed by atoms with van der Waals surface area (Å²) in [5.74, 6) is 0.702. The van der Waals surface area contributed by atoms with Crippen LogP contribution in [0.2, 0.25) is 0 Å². The van der Waals surface area contributed by atoms with Crippen LogP contribution in [-0.2, 0) is 14.0 Å². The monoisotopic (exact) mass is 407 g/mol. The Bertz CT molecular complexity index is 988. The molecule has 0 radical (unpaired) electrons. The average Bonchev–Trinajstić information content (AvgIpc) is 3.33. The molecule has 1 aromatic heterocycles. The fourth-order valence-corrected chi connectivity index (χ4v) is 3.27. The third-order valence-corrected chi connectivity index (χ3v) is 5.73. The molecular weight excluding hydrogens is 381 g/mol. The lowest BCUT2D eigenvalue weighted by Crippen LogP contribution is -2.41. The van der Waals surface area contributed by atoms with Crippen molar-refractivity contribution in [1.82, 2.24) is 14.8 Å². The largest absolute Gasteiger partial charge is 0.494 e. The minimum absolute atomic E-state index is 0.153. The van der Waals surface area contributed by atoms with Crippen molar-refractivity contribution in [3.8, 4) is 22.6 Å². The van der Waals surface area contributed by atoms with Crippen molar-refractivity contribution in [3.63, 3.8) is 0 Å². The van der Waals surface area contributed by atoms with Crippen molar-refractivity contribution in [2.24, 2.45) is 0 Å². The van der Waals surface area contributed by atoms with E-state index in [-0.39, 0.29) is 25.1 Å². The van der Waals surface area contributed by atoms with Crippen molar-refractivity contribution < 1.29 is 18.8 Å². The number of methoxy groups -OCH3 is 1. The van der Waals surface area contributed by atoms with Crippen molar-refractivity contribution in [2.45, 2.75) is 38.9 Å². The minimum Gasteiger partial charge on any atom is -0.467 e. The maximum atomic E-state index is 6.15. The molecule has 0 aliphatic carbocycles. The molecule has 2 heterocycles. The number of hydrogen-bond acceptors (Lipinski definition) is 6. The normalized spacial score (nSPS) is 17.3. The molecule has 1 aliphatic heterocycles. The second-order valence-electron chi connectivity index (χ2n) is 8.28. The summed E-state index contributed by atoms with van der Waals surface area (Å²) < 4.78 is 24.9. The zero-order chi connectivity index (χ0) is 21.4. The summed E-state index contributed by atoms with van der Waals surface area (Å²) in [5.41, 5.74) is 3.08. The molecule has 4 rings (SSSR count). The van der Waals surface area contributed by atoms with Crippen LogP contribution in [0, 0.1) is 0 Å². The van der Waals surface area contributed by atoms with Crippen LogP contribution in [0.4, 0.5) is 0 Å². The second kappa shape index (κ2) is 7.87. The van der Waals surface area contributed by atoms with Gasteiger partial charge in [0.2, 0.25) is 0 Å². The van der Waals surface area contributed by atoms with Gasteiger partial charge in [-0.2, -0.15) is 5.10 Å². The summed E-state index contributed by atoms with van der Waals surface area (Å²) in [4.78, 5) is 4.00. The summed E-state index contributed by atoms with van der Waals surface area (Å²) in [6, 6.07) is 14.1. The van der Waals surface area contributed by atoms with Gasteiger partial charge >= 0.3 is 7.12 Å². The molecule has 0 saturated carbocycles. The molecule has 30 heavy (non-hydrogen) atoms. The van der Waals surface area contributed by atoms with Gasteiger partial charge < -0.3 is 18.8 Å². The van der Waals surface area contributed by atoms with Gasteiger partial charge in [-0.15, -0.1) is 0 Å². The maximum absolute atomic E-state index is 6.15. The summed E-state index contributed by atoms with van der Waals surface area (Å²) in [7, 11) is 1.21. The Balaban J connectivity index is 1.62. The number of benzene rings is 2. The van der Waals surface area contributed by atoms with Crippen molar-refractivity contribution in [3.05, 3.63) is 55.1 Å². The van der Waals surface area contributed by atoms with Gasteiger partial charge in [0.15, 0.2) is 6.79 Å². The van der Waals surface area contributed by atoms with E-state index in [4.69, 9.17) is 18.8 Å². The maximum Gasteiger partial charge on any atom is 0.494 e. The van der Waals surface area contributed by atoms with Gasteiger partial charge in [-0.1, -0.05) is 24.3 Å². The molecule has 7 nitrogen and oxygen atoms in total. The number of nitrogens with zero attached hydrogens (tertiary/aromatic N) is 3. The molecule has 0 N–H and O–H groups in total. The Morgan fingerprint density at radius 1 is 1.00 bits per heavy atom. The Labute approximate surface area is 177 Å². The fraction of sp³-hybridized carbons (Fsp3) is 0.364. The molecule has 0 atom stereocenters. The summed E-state index contributed by atoms with van der Waals surface area (Å²) in [6.07, 6.45) is 3.15. The van der Waals surface area contributed by atoms with Gasteiger partial charge in [-0.3, -0.25) is 0 Å². The van der Waals surface area contributed by atoms with E-state index in [9.17, 15) is 0 Å². The van der Waals surface area contributed by atoms with Gasteiger partial charge in [-0.25, -0.2) is 9.67 Å². The van der Waals surface area contributed by atoms with Gasteiger partial charge in [0.05, 0.1) is 16.9 Å². The summed E-state index contributed by atoms with van der Waals surface area (Å²) >= 11 is 0. The zero-order valence-corrected chi connectivity index (χ0v) is 18.0. The Morgan fingerprint density at radius 2 is 1.70 bits per heavy atom. The summed E-state index contributed by atoms with van der Waals surface area (Å²) in [6.45, 7) is 8.36. The Morgan fingerprint density at radius 3 is 2.30 bits per heavy atom. The average molecular weight is 407 g/mol. The second-order valence-corrected chi connectivity index (χ2v) is 8.28. The molecule has 0 amide bonds. The van der Waals surface area contributed by atoms with E-state index < -0.39 is 0 Å². The third kappa shape index (κ3) is 3.86. The predicted octanol–water partition coefficient (Wildman–Crippen LogP) is 3.22. The lowest BCUT2D eigenvalue weighted by atomic mass is 9.78. The zero-order valence-electron chi connectivity index (χ0n) is 18.0. The van der Waals surface area contributed by atoms with E-state index in [2.05, 4.69) is 37.8 Å². The van der Waals surface area contributed by atoms with E-state index in [0.29, 0.717) is 5.75 Å². The molecule has 3 aromatic rings. The molecule has 156 valence electrons. The van der Waals surface area contributed by atoms with Gasteiger partial charge in [-0.05, 0) is 50.9 Å². The Kier molecular flexibility index (Phi) is 5.40. The van der Waals surface area contributed by atoms with Crippen molar-refractivity contribution >= 4 is 12.6 Å². The highest BCUT2D eigenvalue weighted by atomic mass is 16.7. The first kappa shape index (κ1) is 20.6. The number of ether oxygens (including phenoxy) is 2. The highest BCUT2D eigenvalue weighted by molar-refractivity contribution is 6.62. The lowest BCUT2D eigenvalue weighted by molar-refractivity contribution is 0.00578. The van der Waals surface area contributed by atoms with Crippen LogP contribution >= 0.6 is 0 Å². The van der Waals surface area contributed by atoms with E-state index in [1.165, 1.54) is 6.33 Å². The van der Waals surface area contributed by atoms with Crippen LogP contribution in [0.15, 0.2) is 55.1 Å². The first-order chi connectivity index (χ1) is 14.3. The van der Waals surface area contributed by atoms with Gasteiger partial charge in [0.1, 0.15) is 18.4 Å². The van der Waals surface area contributed by atoms with Crippen LogP contribution in [0.3, 0.4) is 0 Å². The van der Waals surface area contributed by atoms with Crippen LogP contribution in [-0.4, -0.2) is 47.0 Å². The van der Waals surface area contributed by atoms with Crippen molar-refractivity contribution in [2.75, 3.05) is 13.9 Å². The molecule has 1 saturated heterocycles. The highest BCUT2D eigenvalue weighted by Gasteiger charge is 2.51. The first-order valence-corrected chi connectivity index (χ1v) is 9.87. The lowest BCUT2D eigenvalue weighted by Gasteiger charge is -2.32. The van der Waals surface area contributed by atoms with Gasteiger partial charge in [0.25, 0.3) is 0 Å². The van der Waals surface area contributed by atoms with E-state index in [1.54, 1.807) is 18.1 Å². The quantitative estimate of drug-likeness (QED) is 0.462. The van der Waals surface area contributed by atoms with Crippen LogP contribution < -0.4 is 10.2 Å². The molecule has 2 aromatic carbocycles. The molecule has 8 heteroatoms. The third-order valence-electron chi connectivity index (χ3n) is 5.73. The van der Waals surface area contributed by atoms with Crippen LogP contribution in [0.1, 0.15) is 27.7 Å². The topological polar surface area (TPSA) is 67.6 Å². The van der Waals surface area contributed by atoms with Crippen LogP contribution in [0.5, 0.6) is 5.75 Å². The molecule has 0 spiro atoms. The number of aromatic nitrogens is 3. The predicted molar refractivity (Wildman–Crippen MR) is 115 cm³/mol. The fourth-order valence-electron chi connectivity index (χ4n) is 3.27. The number of hydrogen-bond donors (Lipinski definition) is 0. The van der Waals surface area contributed by atoms with Crippen molar-refractivity contribution in [1.29, 1.82) is 0 Å². The van der Waals surface area contributed by atoms with E-state index in [1.807, 2.05) is 42.5 Å². The SMILES string of the molecule is COCOc1cc(-n2cncn2)ccc1-c1ccc(B2OC(C)(C)C(C)(C)O2)cc1. The molecule has 1 fully saturated rings. The van der Waals surface area contributed by atoms with Gasteiger partial charge in [0, 0.05) is 18.7 Å². The smallest absolute Gasteiger partial charge is 0.467 e. The van der Waals surface area contributed by atoms with Crippen LogP contribution in [0.25, 0.3) is 16.8 Å². The highest BCUT2D eigenvalue weighted by Crippen LogP contribution is 2.37. The number of rotatable bonds is 6. The molecule has 1 aliphatic rings. The molecule has 0 bridgehead atoms. The standard InChI is InChI=1S/C22H26BN3O4/c1-21(2)22(3,4)30-23(29-21)17-8-6-16(7-9-17)19-11-10-18(26-14-24-13-25-26)12-20(19)28-15-27-5/h6-14H,15H2,1-5H3. The van der Waals surface area contributed by atoms with E-state index >= 15 is 0 Å². The first-order valence-electron chi connectivity index (χ1n) is 9.87. The Hall–Kier alpha value is -2.68.